The number of hydrogen-bond acceptors (Lipinski definition) is 12. The summed E-state index contributed by atoms with van der Waals surface area (Å²) in [5.41, 5.74) is 2.37. The van der Waals surface area contributed by atoms with Crippen molar-refractivity contribution in [2.75, 3.05) is 52.4 Å². The third-order valence-corrected chi connectivity index (χ3v) is 14.0. The van der Waals surface area contributed by atoms with Gasteiger partial charge in [-0.15, -0.1) is 0 Å². The number of carbonyl (C=O) groups is 10. The number of hydrogen-bond donors (Lipinski definition) is 4. The Morgan fingerprint density at radius 2 is 0.859 bits per heavy atom. The Morgan fingerprint density at radius 1 is 0.513 bits per heavy atom. The quantitative estimate of drug-likeness (QED) is 0.163. The Kier molecular flexibility index (Phi) is 19.4. The fraction of sp³-hybridized carbons (Fsp3) is 0.607. The van der Waals surface area contributed by atoms with Gasteiger partial charge in [0.25, 0.3) is 0 Å². The summed E-state index contributed by atoms with van der Waals surface area (Å²) >= 11 is 0. The largest absolute Gasteiger partial charge is 0.444 e. The van der Waals surface area contributed by atoms with E-state index in [9.17, 15) is 47.9 Å². The van der Waals surface area contributed by atoms with E-state index in [1.165, 1.54) is 19.6 Å². The van der Waals surface area contributed by atoms with Gasteiger partial charge in [0.05, 0.1) is 13.1 Å². The number of ether oxygens (including phenoxy) is 2. The zero-order valence-corrected chi connectivity index (χ0v) is 46.1. The Labute approximate surface area is 456 Å². The molecule has 5 fully saturated rings. The zero-order valence-electron chi connectivity index (χ0n) is 46.1. The van der Waals surface area contributed by atoms with Crippen LogP contribution in [0.15, 0.2) is 48.5 Å². The Bertz CT molecular complexity index is 2360. The molecule has 2 aliphatic carbocycles. The van der Waals surface area contributed by atoms with Gasteiger partial charge in [0.15, 0.2) is 0 Å². The average molecular weight is 1080 g/mol. The second-order valence-corrected chi connectivity index (χ2v) is 23.0. The van der Waals surface area contributed by atoms with Gasteiger partial charge in [-0.05, 0) is 115 Å². The normalized spacial score (nSPS) is 18.8. The monoisotopic (exact) mass is 1080 g/mol. The Balaban J connectivity index is 0.786. The number of carbonyl (C=O) groups excluding carboxylic acids is 10. The third kappa shape index (κ3) is 17.9. The maximum absolute atomic E-state index is 13.7. The maximum Gasteiger partial charge on any atom is 0.407 e. The first-order valence-corrected chi connectivity index (χ1v) is 27.4. The summed E-state index contributed by atoms with van der Waals surface area (Å²) in [6, 6.07) is 13.2. The van der Waals surface area contributed by atoms with Gasteiger partial charge in [-0.25, -0.2) is 19.2 Å². The lowest BCUT2D eigenvalue weighted by molar-refractivity contribution is -0.143. The highest BCUT2D eigenvalue weighted by atomic mass is 16.6. The molecule has 0 aromatic heterocycles. The molecule has 22 heteroatoms. The summed E-state index contributed by atoms with van der Waals surface area (Å²) in [4.78, 5) is 140. The number of urea groups is 2. The number of imide groups is 2. The molecule has 5 aliphatic rings. The van der Waals surface area contributed by atoms with Crippen LogP contribution in [0, 0.1) is 0 Å². The Hall–Kier alpha value is -7.26. The van der Waals surface area contributed by atoms with Gasteiger partial charge in [0, 0.05) is 102 Å². The van der Waals surface area contributed by atoms with Crippen LogP contribution < -0.4 is 21.3 Å². The van der Waals surface area contributed by atoms with Gasteiger partial charge < -0.3 is 50.3 Å². The number of aryl methyl sites for hydroxylation is 2. The molecule has 22 nitrogen and oxygen atoms in total. The van der Waals surface area contributed by atoms with Gasteiger partial charge in [-0.3, -0.25) is 38.6 Å². The van der Waals surface area contributed by atoms with Crippen LogP contribution in [0.3, 0.4) is 0 Å². The lowest BCUT2D eigenvalue weighted by atomic mass is 10.1. The molecule has 0 bridgehead atoms. The van der Waals surface area contributed by atoms with E-state index in [2.05, 4.69) is 21.3 Å². The number of rotatable bonds is 18. The van der Waals surface area contributed by atoms with E-state index in [1.807, 2.05) is 48.5 Å². The number of benzene rings is 2. The van der Waals surface area contributed by atoms with Gasteiger partial charge in [0.1, 0.15) is 11.2 Å². The molecule has 424 valence electrons. The molecule has 2 unspecified atom stereocenters. The summed E-state index contributed by atoms with van der Waals surface area (Å²) < 4.78 is 10.6. The molecule has 2 atom stereocenters. The minimum atomic E-state index is -0.601. The van der Waals surface area contributed by atoms with Gasteiger partial charge in [-0.1, -0.05) is 48.5 Å². The van der Waals surface area contributed by atoms with Crippen molar-refractivity contribution in [2.24, 2.45) is 0 Å². The number of amides is 12. The molecular weight excluding hydrogens is 1000 g/mol. The highest BCUT2D eigenvalue weighted by molar-refractivity contribution is 5.96. The summed E-state index contributed by atoms with van der Waals surface area (Å²) in [5, 5.41) is 11.3. The van der Waals surface area contributed by atoms with E-state index in [4.69, 9.17) is 9.47 Å². The van der Waals surface area contributed by atoms with Crippen LogP contribution in [0.4, 0.5) is 19.2 Å². The molecule has 2 aromatic carbocycles. The van der Waals surface area contributed by atoms with Crippen molar-refractivity contribution in [2.45, 2.75) is 167 Å². The fourth-order valence-corrected chi connectivity index (χ4v) is 9.63. The highest BCUT2D eigenvalue weighted by Crippen LogP contribution is 2.31. The number of likely N-dealkylation sites (tertiary alicyclic amines) is 2. The molecule has 3 aliphatic heterocycles. The van der Waals surface area contributed by atoms with Gasteiger partial charge in [0.2, 0.25) is 35.4 Å². The molecule has 4 N–H and O–H groups in total. The van der Waals surface area contributed by atoms with Crippen LogP contribution in [0.1, 0.15) is 128 Å². The second kappa shape index (κ2) is 25.9. The van der Waals surface area contributed by atoms with E-state index in [0.29, 0.717) is 51.9 Å². The molecule has 0 spiro atoms. The van der Waals surface area contributed by atoms with Crippen LogP contribution in [-0.2, 0) is 64.2 Å². The van der Waals surface area contributed by atoms with E-state index >= 15 is 0 Å². The van der Waals surface area contributed by atoms with E-state index in [1.54, 1.807) is 51.3 Å². The van der Waals surface area contributed by atoms with Crippen molar-refractivity contribution in [1.82, 2.24) is 50.7 Å². The minimum Gasteiger partial charge on any atom is -0.444 e. The SMILES string of the molecule is CC(C)(C)OC(=O)NCc1ccc(CCC(=O)N(C(=O)N2CCC(NC(=O)CN3CCC(=O)N(CC(=O)NC4CCN(C(=O)N(C(=O)CCc5ccc(CNC(=O)OC(C)(C)C)cc5)C5CC5)C4)CCC3=O)C2)C2CC2)cc1. The Morgan fingerprint density at radius 3 is 1.19 bits per heavy atom. The standard InChI is InChI=1S/C56H78N10O12/c1-55(2,3)77-51(73)57-31-39-11-7-37(8-12-39)15-21-49(71)65(43-17-18-43)53(75)63-27-23-41(33-63)59-45(67)35-61-29-25-48(70)62(30-26-47(61)69)36-46(68)60-42-24-28-64(34-42)54(76)66(44-19-20-44)50(72)22-16-38-9-13-40(14-10-38)32-58-52(74)78-56(4,5)6/h7-14,41-44H,15-36H2,1-6H3,(H,57,73)(H,58,74)(H,59,67)(H,60,68). The zero-order chi connectivity index (χ0) is 56.3. The van der Waals surface area contributed by atoms with Crippen molar-refractivity contribution < 1.29 is 57.4 Å². The number of nitrogens with one attached hydrogen (secondary N) is 4. The van der Waals surface area contributed by atoms with E-state index < -0.39 is 47.3 Å². The number of alkyl carbamates (subject to hydrolysis) is 2. The molecule has 0 radical (unpaired) electrons. The lowest BCUT2D eigenvalue weighted by Gasteiger charge is -2.30. The third-order valence-electron chi connectivity index (χ3n) is 14.0. The average Bonchev–Trinajstić information content (AvgIpc) is 4.30. The summed E-state index contributed by atoms with van der Waals surface area (Å²) in [6.07, 6.45) is 3.78. The van der Waals surface area contributed by atoms with Crippen molar-refractivity contribution in [3.05, 3.63) is 70.8 Å². The molecule has 78 heavy (non-hydrogen) atoms. The number of nitrogens with zero attached hydrogens (tertiary/aromatic N) is 6. The predicted octanol–water partition coefficient (Wildman–Crippen LogP) is 4.36. The molecule has 2 aromatic rings. The first kappa shape index (κ1) is 58.4. The molecular formula is C56H78N10O12. The van der Waals surface area contributed by atoms with Crippen molar-refractivity contribution in [3.8, 4) is 0 Å². The summed E-state index contributed by atoms with van der Waals surface area (Å²) in [6.45, 7) is 11.8. The van der Waals surface area contributed by atoms with Crippen LogP contribution in [0.5, 0.6) is 0 Å². The van der Waals surface area contributed by atoms with Gasteiger partial charge in [-0.2, -0.15) is 0 Å². The molecule has 2 saturated carbocycles. The van der Waals surface area contributed by atoms with Gasteiger partial charge >= 0.3 is 24.2 Å². The van der Waals surface area contributed by atoms with Crippen molar-refractivity contribution in [1.29, 1.82) is 0 Å². The lowest BCUT2D eigenvalue weighted by Crippen LogP contribution is -2.51. The molecule has 7 rings (SSSR count). The van der Waals surface area contributed by atoms with Crippen LogP contribution in [-0.4, -0.2) is 177 Å². The van der Waals surface area contributed by atoms with Crippen LogP contribution in [0.2, 0.25) is 0 Å². The fourth-order valence-electron chi connectivity index (χ4n) is 9.63. The predicted molar refractivity (Wildman–Crippen MR) is 285 cm³/mol. The molecule has 3 heterocycles. The van der Waals surface area contributed by atoms with Crippen LogP contribution >= 0.6 is 0 Å². The maximum atomic E-state index is 13.7. The summed E-state index contributed by atoms with van der Waals surface area (Å²) in [5.74, 6) is -2.10. The first-order valence-electron chi connectivity index (χ1n) is 27.4. The molecule has 3 saturated heterocycles. The van der Waals surface area contributed by atoms with Crippen molar-refractivity contribution >= 4 is 59.7 Å². The smallest absolute Gasteiger partial charge is 0.407 e. The summed E-state index contributed by atoms with van der Waals surface area (Å²) in [7, 11) is 0. The topological polar surface area (TPSA) is 257 Å². The minimum absolute atomic E-state index is 0.0241. The first-order chi connectivity index (χ1) is 37.0. The second-order valence-electron chi connectivity index (χ2n) is 23.0. The molecule has 12 amide bonds. The highest BCUT2D eigenvalue weighted by Gasteiger charge is 2.43. The van der Waals surface area contributed by atoms with Crippen LogP contribution in [0.25, 0.3) is 0 Å². The van der Waals surface area contributed by atoms with E-state index in [-0.39, 0.29) is 113 Å². The van der Waals surface area contributed by atoms with Crippen molar-refractivity contribution in [3.63, 3.8) is 0 Å². The van der Waals surface area contributed by atoms with E-state index in [0.717, 1.165) is 47.9 Å².